The maximum Gasteiger partial charge on any atom is 0.338 e. The molecule has 2 aromatic carbocycles. The van der Waals surface area contributed by atoms with Crippen LogP contribution in [0.15, 0.2) is 65.9 Å². The van der Waals surface area contributed by atoms with Crippen molar-refractivity contribution in [3.8, 4) is 0 Å². The number of nitrogens with one attached hydrogen (secondary N) is 2. The third-order valence-electron chi connectivity index (χ3n) is 5.26. The van der Waals surface area contributed by atoms with E-state index in [1.807, 2.05) is 63.2 Å². The van der Waals surface area contributed by atoms with E-state index in [-0.39, 0.29) is 12.1 Å². The van der Waals surface area contributed by atoms with Crippen molar-refractivity contribution in [2.24, 2.45) is 0 Å². The van der Waals surface area contributed by atoms with Crippen molar-refractivity contribution < 1.29 is 14.3 Å². The summed E-state index contributed by atoms with van der Waals surface area (Å²) in [7, 11) is 0. The van der Waals surface area contributed by atoms with Crippen LogP contribution in [-0.2, 0) is 16.1 Å². The van der Waals surface area contributed by atoms with Gasteiger partial charge in [0.25, 0.3) is 0 Å². The minimum absolute atomic E-state index is 0.241. The van der Waals surface area contributed by atoms with Crippen LogP contribution in [0, 0.1) is 0 Å². The van der Waals surface area contributed by atoms with Gasteiger partial charge in [-0.3, -0.25) is 0 Å². The van der Waals surface area contributed by atoms with Gasteiger partial charge < -0.3 is 20.3 Å². The van der Waals surface area contributed by atoms with Crippen LogP contribution in [0.1, 0.15) is 51.3 Å². The van der Waals surface area contributed by atoms with Gasteiger partial charge in [-0.15, -0.1) is 0 Å². The molecule has 0 spiro atoms. The molecule has 0 aromatic heterocycles. The Bertz CT molecular complexity index is 936. The number of urea groups is 1. The Morgan fingerprint density at radius 1 is 1.06 bits per heavy atom. The minimum atomic E-state index is -0.548. The van der Waals surface area contributed by atoms with E-state index in [2.05, 4.69) is 34.6 Å². The Morgan fingerprint density at radius 3 is 2.32 bits per heavy atom. The van der Waals surface area contributed by atoms with Crippen molar-refractivity contribution >= 4 is 17.7 Å². The molecule has 0 bridgehead atoms. The number of hydrogen-bond donors (Lipinski definition) is 2. The molecule has 1 unspecified atom stereocenters. The summed E-state index contributed by atoms with van der Waals surface area (Å²) in [4.78, 5) is 27.3. The SMILES string of the molecule is CCC1=C(C(=O)OC(C)C)C(c2ccc(N(CC)Cc3ccccc3)cc2)NC(=O)N1. The summed E-state index contributed by atoms with van der Waals surface area (Å²) in [6.07, 6.45) is 0.292. The second-order valence-electron chi connectivity index (χ2n) is 7.82. The fraction of sp³-hybridized carbons (Fsp3) is 0.360. The van der Waals surface area contributed by atoms with Gasteiger partial charge in [-0.2, -0.15) is 0 Å². The average molecular weight is 422 g/mol. The number of anilines is 1. The number of ether oxygens (including phenoxy) is 1. The molecular weight excluding hydrogens is 390 g/mol. The molecule has 2 N–H and O–H groups in total. The van der Waals surface area contributed by atoms with E-state index < -0.39 is 12.0 Å². The van der Waals surface area contributed by atoms with E-state index >= 15 is 0 Å². The molecule has 1 aliphatic rings. The fourth-order valence-electron chi connectivity index (χ4n) is 3.73. The van der Waals surface area contributed by atoms with Crippen molar-refractivity contribution in [3.05, 3.63) is 77.0 Å². The molecule has 6 heteroatoms. The van der Waals surface area contributed by atoms with Gasteiger partial charge in [0.2, 0.25) is 0 Å². The summed E-state index contributed by atoms with van der Waals surface area (Å²) in [6, 6.07) is 17.5. The Labute approximate surface area is 184 Å². The zero-order valence-corrected chi connectivity index (χ0v) is 18.6. The lowest BCUT2D eigenvalue weighted by molar-refractivity contribution is -0.143. The second kappa shape index (κ2) is 10.2. The van der Waals surface area contributed by atoms with Crippen LogP contribution in [-0.4, -0.2) is 24.6 Å². The van der Waals surface area contributed by atoms with Crippen LogP contribution in [0.3, 0.4) is 0 Å². The zero-order chi connectivity index (χ0) is 22.4. The first-order chi connectivity index (χ1) is 14.9. The monoisotopic (exact) mass is 421 g/mol. The van der Waals surface area contributed by atoms with Gasteiger partial charge in [-0.25, -0.2) is 9.59 Å². The summed E-state index contributed by atoms with van der Waals surface area (Å²) in [5.41, 5.74) is 4.23. The second-order valence-corrected chi connectivity index (χ2v) is 7.82. The summed E-state index contributed by atoms with van der Waals surface area (Å²) < 4.78 is 5.46. The number of esters is 1. The highest BCUT2D eigenvalue weighted by molar-refractivity contribution is 5.95. The molecule has 0 aliphatic carbocycles. The number of rotatable bonds is 8. The van der Waals surface area contributed by atoms with Gasteiger partial charge in [0.1, 0.15) is 0 Å². The molecule has 0 fully saturated rings. The molecule has 6 nitrogen and oxygen atoms in total. The number of allylic oxidation sites excluding steroid dienone is 1. The first-order valence-corrected chi connectivity index (χ1v) is 10.8. The highest BCUT2D eigenvalue weighted by Crippen LogP contribution is 2.30. The maximum absolute atomic E-state index is 12.8. The number of carbonyl (C=O) groups is 2. The molecule has 0 saturated carbocycles. The smallest absolute Gasteiger partial charge is 0.338 e. The number of hydrogen-bond acceptors (Lipinski definition) is 4. The Morgan fingerprint density at radius 2 is 1.74 bits per heavy atom. The van der Waals surface area contributed by atoms with Gasteiger partial charge in [0, 0.05) is 24.5 Å². The molecule has 1 heterocycles. The number of benzene rings is 2. The standard InChI is InChI=1S/C25H31N3O3/c1-5-21-22(24(29)31-17(3)4)23(27-25(30)26-21)19-12-14-20(15-13-19)28(6-2)16-18-10-8-7-9-11-18/h7-15,17,23H,5-6,16H2,1-4H3,(H2,26,27,30). The number of carbonyl (C=O) groups excluding carboxylic acids is 2. The quantitative estimate of drug-likeness (QED) is 0.607. The Hall–Kier alpha value is -3.28. The molecule has 2 amide bonds. The van der Waals surface area contributed by atoms with Crippen molar-refractivity contribution in [1.29, 1.82) is 0 Å². The molecule has 2 aromatic rings. The molecule has 31 heavy (non-hydrogen) atoms. The van der Waals surface area contributed by atoms with Crippen LogP contribution in [0.5, 0.6) is 0 Å². The molecular formula is C25H31N3O3. The Kier molecular flexibility index (Phi) is 7.34. The predicted molar refractivity (Wildman–Crippen MR) is 123 cm³/mol. The molecule has 1 aliphatic heterocycles. The lowest BCUT2D eigenvalue weighted by atomic mass is 9.94. The van der Waals surface area contributed by atoms with Gasteiger partial charge in [-0.1, -0.05) is 49.4 Å². The number of nitrogens with zero attached hydrogens (tertiary/aromatic N) is 1. The summed E-state index contributed by atoms with van der Waals surface area (Å²) in [5, 5.41) is 5.64. The average Bonchev–Trinajstić information content (AvgIpc) is 2.77. The van der Waals surface area contributed by atoms with Gasteiger partial charge in [0.05, 0.1) is 17.7 Å². The van der Waals surface area contributed by atoms with E-state index in [1.54, 1.807) is 0 Å². The van der Waals surface area contributed by atoms with Crippen LogP contribution in [0.25, 0.3) is 0 Å². The molecule has 1 atom stereocenters. The van der Waals surface area contributed by atoms with Crippen LogP contribution >= 0.6 is 0 Å². The molecule has 164 valence electrons. The van der Waals surface area contributed by atoms with Crippen LogP contribution < -0.4 is 15.5 Å². The lowest BCUT2D eigenvalue weighted by Gasteiger charge is -2.30. The molecule has 0 radical (unpaired) electrons. The van der Waals surface area contributed by atoms with Gasteiger partial charge >= 0.3 is 12.0 Å². The Balaban J connectivity index is 1.88. The fourth-order valence-corrected chi connectivity index (χ4v) is 3.73. The third kappa shape index (κ3) is 5.45. The van der Waals surface area contributed by atoms with Gasteiger partial charge in [-0.05, 0) is 50.5 Å². The van der Waals surface area contributed by atoms with E-state index in [0.717, 1.165) is 24.3 Å². The maximum atomic E-state index is 12.8. The normalized spacial score (nSPS) is 16.0. The first-order valence-electron chi connectivity index (χ1n) is 10.8. The lowest BCUT2D eigenvalue weighted by Crippen LogP contribution is -2.46. The summed E-state index contributed by atoms with van der Waals surface area (Å²) in [5.74, 6) is -0.410. The minimum Gasteiger partial charge on any atom is -0.459 e. The van der Waals surface area contributed by atoms with Gasteiger partial charge in [0.15, 0.2) is 0 Å². The van der Waals surface area contributed by atoms with E-state index in [0.29, 0.717) is 17.7 Å². The molecule has 0 saturated heterocycles. The predicted octanol–water partition coefficient (Wildman–Crippen LogP) is 4.68. The molecule has 3 rings (SSSR count). The third-order valence-corrected chi connectivity index (χ3v) is 5.26. The van der Waals surface area contributed by atoms with Crippen molar-refractivity contribution in [3.63, 3.8) is 0 Å². The van der Waals surface area contributed by atoms with Crippen molar-refractivity contribution in [1.82, 2.24) is 10.6 Å². The zero-order valence-electron chi connectivity index (χ0n) is 18.6. The van der Waals surface area contributed by atoms with Crippen LogP contribution in [0.2, 0.25) is 0 Å². The van der Waals surface area contributed by atoms with Crippen LogP contribution in [0.4, 0.5) is 10.5 Å². The topological polar surface area (TPSA) is 70.7 Å². The van der Waals surface area contributed by atoms with Crippen molar-refractivity contribution in [2.45, 2.75) is 52.8 Å². The first kappa shape index (κ1) is 22.4. The highest BCUT2D eigenvalue weighted by atomic mass is 16.5. The largest absolute Gasteiger partial charge is 0.459 e. The summed E-state index contributed by atoms with van der Waals surface area (Å²) in [6.45, 7) is 9.34. The van der Waals surface area contributed by atoms with Crippen molar-refractivity contribution in [2.75, 3.05) is 11.4 Å². The number of amides is 2. The van der Waals surface area contributed by atoms with E-state index in [9.17, 15) is 9.59 Å². The summed E-state index contributed by atoms with van der Waals surface area (Å²) >= 11 is 0. The van der Waals surface area contributed by atoms with E-state index in [4.69, 9.17) is 4.74 Å². The van der Waals surface area contributed by atoms with E-state index in [1.165, 1.54) is 5.56 Å². The highest BCUT2D eigenvalue weighted by Gasteiger charge is 2.33.